The van der Waals surface area contributed by atoms with Gasteiger partial charge in [0.15, 0.2) is 12.4 Å². The topological polar surface area (TPSA) is 94.8 Å². The highest BCUT2D eigenvalue weighted by Crippen LogP contribution is 2.23. The third-order valence-corrected chi connectivity index (χ3v) is 6.09. The molecule has 0 aliphatic rings. The number of ether oxygens (including phenoxy) is 1. The van der Waals surface area contributed by atoms with Crippen LogP contribution in [0.5, 0.6) is 5.75 Å². The number of nitrogens with zero attached hydrogens (tertiary/aromatic N) is 3. The van der Waals surface area contributed by atoms with Crippen molar-refractivity contribution in [3.8, 4) is 5.75 Å². The normalized spacial score (nSPS) is 11.4. The molecule has 0 bridgehead atoms. The zero-order valence-corrected chi connectivity index (χ0v) is 19.9. The SMILES string of the molecule is CC(=NOCC(=O)Nn1c(COc2c(C)cccc2C)nc2ccccc2c1=O)c1cccs1. The molecule has 2 heterocycles. The minimum atomic E-state index is -0.546. The largest absolute Gasteiger partial charge is 0.485 e. The Hall–Kier alpha value is -3.98. The summed E-state index contributed by atoms with van der Waals surface area (Å²) in [5, 5.41) is 6.29. The second-order valence-corrected chi connectivity index (χ2v) is 8.61. The molecular formula is C25H24N4O4S. The van der Waals surface area contributed by atoms with Crippen molar-refractivity contribution in [1.29, 1.82) is 0 Å². The van der Waals surface area contributed by atoms with E-state index >= 15 is 0 Å². The average molecular weight is 477 g/mol. The maximum atomic E-state index is 13.2. The standard InChI is InChI=1S/C25H24N4O4S/c1-16-8-6-9-17(2)24(16)32-14-22-26-20-11-5-4-10-19(20)25(31)29(22)27-23(30)15-33-28-18(3)21-12-7-13-34-21/h4-13H,14-15H2,1-3H3,(H,27,30). The molecular weight excluding hydrogens is 452 g/mol. The van der Waals surface area contributed by atoms with Crippen LogP contribution < -0.4 is 15.7 Å². The van der Waals surface area contributed by atoms with Gasteiger partial charge in [-0.1, -0.05) is 41.6 Å². The lowest BCUT2D eigenvalue weighted by molar-refractivity contribution is -0.121. The number of carbonyl (C=O) groups excluding carboxylic acids is 1. The number of amides is 1. The van der Waals surface area contributed by atoms with Crippen molar-refractivity contribution in [2.24, 2.45) is 5.16 Å². The molecule has 9 heteroatoms. The Balaban J connectivity index is 1.56. The first kappa shape index (κ1) is 23.2. The summed E-state index contributed by atoms with van der Waals surface area (Å²) in [4.78, 5) is 36.4. The van der Waals surface area contributed by atoms with Crippen LogP contribution in [-0.2, 0) is 16.2 Å². The molecule has 0 atom stereocenters. The molecule has 4 aromatic rings. The van der Waals surface area contributed by atoms with E-state index in [4.69, 9.17) is 9.57 Å². The average Bonchev–Trinajstić information content (AvgIpc) is 3.36. The van der Waals surface area contributed by atoms with Crippen molar-refractivity contribution in [3.63, 3.8) is 0 Å². The second kappa shape index (κ2) is 10.3. The first-order chi connectivity index (χ1) is 16.4. The summed E-state index contributed by atoms with van der Waals surface area (Å²) >= 11 is 1.52. The quantitative estimate of drug-likeness (QED) is 0.304. The van der Waals surface area contributed by atoms with Crippen LogP contribution in [0.2, 0.25) is 0 Å². The van der Waals surface area contributed by atoms with Gasteiger partial charge in [-0.2, -0.15) is 4.68 Å². The van der Waals surface area contributed by atoms with Crippen molar-refractivity contribution in [2.75, 3.05) is 12.0 Å². The van der Waals surface area contributed by atoms with Crippen molar-refractivity contribution in [1.82, 2.24) is 9.66 Å². The van der Waals surface area contributed by atoms with Gasteiger partial charge in [-0.3, -0.25) is 15.0 Å². The van der Waals surface area contributed by atoms with Gasteiger partial charge in [-0.05, 0) is 55.5 Å². The molecule has 174 valence electrons. The van der Waals surface area contributed by atoms with Gasteiger partial charge in [0.1, 0.15) is 12.4 Å². The summed E-state index contributed by atoms with van der Waals surface area (Å²) < 4.78 is 7.12. The number of fused-ring (bicyclic) bond motifs is 1. The van der Waals surface area contributed by atoms with Crippen LogP contribution in [0.4, 0.5) is 0 Å². The lowest BCUT2D eigenvalue weighted by Crippen LogP contribution is -2.38. The van der Waals surface area contributed by atoms with Crippen molar-refractivity contribution < 1.29 is 14.4 Å². The Bertz CT molecular complexity index is 1390. The fraction of sp³-hybridized carbons (Fsp3) is 0.200. The highest BCUT2D eigenvalue weighted by Gasteiger charge is 2.15. The molecule has 0 unspecified atom stereocenters. The zero-order chi connectivity index (χ0) is 24.1. The predicted molar refractivity (Wildman–Crippen MR) is 133 cm³/mol. The van der Waals surface area contributed by atoms with Crippen LogP contribution in [0, 0.1) is 13.8 Å². The molecule has 8 nitrogen and oxygen atoms in total. The summed E-state index contributed by atoms with van der Waals surface area (Å²) in [5.41, 5.74) is 5.28. The Morgan fingerprint density at radius 3 is 2.59 bits per heavy atom. The van der Waals surface area contributed by atoms with Crippen LogP contribution in [0.15, 0.2) is 69.9 Å². The van der Waals surface area contributed by atoms with E-state index in [-0.39, 0.29) is 19.0 Å². The number of para-hydroxylation sites is 2. The number of benzene rings is 2. The smallest absolute Gasteiger partial charge is 0.280 e. The van der Waals surface area contributed by atoms with E-state index in [2.05, 4.69) is 15.6 Å². The second-order valence-electron chi connectivity index (χ2n) is 7.66. The minimum Gasteiger partial charge on any atom is -0.485 e. The fourth-order valence-corrected chi connectivity index (χ4v) is 4.10. The molecule has 1 amide bonds. The number of aromatic nitrogens is 2. The van der Waals surface area contributed by atoms with Gasteiger partial charge in [0.05, 0.1) is 21.5 Å². The van der Waals surface area contributed by atoms with E-state index in [0.29, 0.717) is 22.4 Å². The number of aryl methyl sites for hydroxylation is 2. The van der Waals surface area contributed by atoms with E-state index in [0.717, 1.165) is 20.7 Å². The van der Waals surface area contributed by atoms with E-state index < -0.39 is 11.5 Å². The molecule has 34 heavy (non-hydrogen) atoms. The lowest BCUT2D eigenvalue weighted by Gasteiger charge is -2.16. The number of carbonyl (C=O) groups is 1. The van der Waals surface area contributed by atoms with Gasteiger partial charge in [0.2, 0.25) is 0 Å². The van der Waals surface area contributed by atoms with Crippen molar-refractivity contribution >= 4 is 33.9 Å². The van der Waals surface area contributed by atoms with Crippen LogP contribution in [0.1, 0.15) is 28.8 Å². The van der Waals surface area contributed by atoms with Gasteiger partial charge < -0.3 is 9.57 Å². The van der Waals surface area contributed by atoms with Gasteiger partial charge in [0.25, 0.3) is 11.5 Å². The molecule has 0 aliphatic carbocycles. The maximum Gasteiger partial charge on any atom is 0.280 e. The minimum absolute atomic E-state index is 0.0114. The number of thiophene rings is 1. The van der Waals surface area contributed by atoms with Crippen molar-refractivity contribution in [2.45, 2.75) is 27.4 Å². The molecule has 2 aromatic carbocycles. The molecule has 0 saturated heterocycles. The first-order valence-electron chi connectivity index (χ1n) is 10.6. The molecule has 1 N–H and O–H groups in total. The Kier molecular flexibility index (Phi) is 7.03. The zero-order valence-electron chi connectivity index (χ0n) is 19.1. The van der Waals surface area contributed by atoms with Gasteiger partial charge in [-0.25, -0.2) is 4.98 Å². The Morgan fingerprint density at radius 1 is 1.09 bits per heavy atom. The summed E-state index contributed by atoms with van der Waals surface area (Å²) in [6.45, 7) is 5.31. The summed E-state index contributed by atoms with van der Waals surface area (Å²) in [6, 6.07) is 16.6. The Labute approximate surface area is 200 Å². The van der Waals surface area contributed by atoms with Crippen LogP contribution in [-0.4, -0.2) is 27.9 Å². The molecule has 0 aliphatic heterocycles. The van der Waals surface area contributed by atoms with Crippen molar-refractivity contribution in [3.05, 3.63) is 92.2 Å². The van der Waals surface area contributed by atoms with Gasteiger partial charge in [-0.15, -0.1) is 11.3 Å². The molecule has 0 radical (unpaired) electrons. The third kappa shape index (κ3) is 5.15. The number of rotatable bonds is 8. The van der Waals surface area contributed by atoms with E-state index in [9.17, 15) is 9.59 Å². The Morgan fingerprint density at radius 2 is 1.85 bits per heavy atom. The molecule has 0 spiro atoms. The highest BCUT2D eigenvalue weighted by atomic mass is 32.1. The van der Waals surface area contributed by atoms with E-state index in [1.54, 1.807) is 31.2 Å². The highest BCUT2D eigenvalue weighted by molar-refractivity contribution is 7.12. The maximum absolute atomic E-state index is 13.2. The third-order valence-electron chi connectivity index (χ3n) is 5.11. The number of nitrogens with one attached hydrogen (secondary N) is 1. The molecule has 0 fully saturated rings. The number of oxime groups is 1. The lowest BCUT2D eigenvalue weighted by atomic mass is 10.1. The van der Waals surface area contributed by atoms with Gasteiger partial charge in [0, 0.05) is 0 Å². The summed E-state index contributed by atoms with van der Waals surface area (Å²) in [5.74, 6) is 0.428. The van der Waals surface area contributed by atoms with Crippen LogP contribution in [0.3, 0.4) is 0 Å². The van der Waals surface area contributed by atoms with E-state index in [1.807, 2.05) is 49.6 Å². The van der Waals surface area contributed by atoms with Crippen LogP contribution >= 0.6 is 11.3 Å². The van der Waals surface area contributed by atoms with Crippen LogP contribution in [0.25, 0.3) is 10.9 Å². The predicted octanol–water partition coefficient (Wildman–Crippen LogP) is 4.16. The van der Waals surface area contributed by atoms with E-state index in [1.165, 1.54) is 11.3 Å². The molecule has 0 saturated carbocycles. The molecule has 2 aromatic heterocycles. The first-order valence-corrected chi connectivity index (χ1v) is 11.5. The monoisotopic (exact) mass is 476 g/mol. The summed E-state index contributed by atoms with van der Waals surface area (Å²) in [7, 11) is 0. The summed E-state index contributed by atoms with van der Waals surface area (Å²) in [6.07, 6.45) is 0. The molecule has 4 rings (SSSR count). The van der Waals surface area contributed by atoms with Gasteiger partial charge >= 0.3 is 0 Å². The fourth-order valence-electron chi connectivity index (χ4n) is 3.43. The number of hydrogen-bond acceptors (Lipinski definition) is 7. The number of hydrogen-bond donors (Lipinski definition) is 1.